The lowest BCUT2D eigenvalue weighted by Gasteiger charge is -2.37. The standard InChI is InChI=1S/C17H25N5O/c1-11(23)21-9-14-15(10-21)22(7-12-4-5-12)8-13-6-18-17(20(2)3)19-16(13)14/h6,12,14-15H,4-5,7-10H2,1-3H3/t14-,15-/m1/s1. The Bertz CT molecular complexity index is 627. The van der Waals surface area contributed by atoms with Crippen LogP contribution in [0.3, 0.4) is 0 Å². The van der Waals surface area contributed by atoms with Crippen LogP contribution in [-0.2, 0) is 11.3 Å². The third-order valence-electron chi connectivity index (χ3n) is 5.40. The molecule has 3 aliphatic rings. The lowest BCUT2D eigenvalue weighted by Crippen LogP contribution is -2.45. The number of hydrogen-bond donors (Lipinski definition) is 0. The highest BCUT2D eigenvalue weighted by atomic mass is 16.2. The number of likely N-dealkylation sites (tertiary alicyclic amines) is 1. The molecule has 23 heavy (non-hydrogen) atoms. The van der Waals surface area contributed by atoms with Crippen molar-refractivity contribution in [1.82, 2.24) is 19.8 Å². The van der Waals surface area contributed by atoms with Gasteiger partial charge in [0, 0.05) is 70.9 Å². The van der Waals surface area contributed by atoms with Crippen LogP contribution in [0.4, 0.5) is 5.95 Å². The third kappa shape index (κ3) is 2.69. The fraction of sp³-hybridized carbons (Fsp3) is 0.706. The van der Waals surface area contributed by atoms with E-state index >= 15 is 0 Å². The van der Waals surface area contributed by atoms with Gasteiger partial charge in [0.25, 0.3) is 0 Å². The number of nitrogens with zero attached hydrogens (tertiary/aromatic N) is 5. The van der Waals surface area contributed by atoms with Crippen LogP contribution in [0.5, 0.6) is 0 Å². The number of carbonyl (C=O) groups excluding carboxylic acids is 1. The van der Waals surface area contributed by atoms with Crippen LogP contribution in [-0.4, -0.2) is 65.4 Å². The summed E-state index contributed by atoms with van der Waals surface area (Å²) >= 11 is 0. The van der Waals surface area contributed by atoms with Crippen LogP contribution in [0.1, 0.15) is 36.9 Å². The minimum Gasteiger partial charge on any atom is -0.347 e. The second-order valence-electron chi connectivity index (χ2n) is 7.45. The molecule has 1 amide bonds. The first-order valence-corrected chi connectivity index (χ1v) is 8.55. The molecule has 1 aromatic heterocycles. The summed E-state index contributed by atoms with van der Waals surface area (Å²) in [5.74, 6) is 2.11. The zero-order valence-electron chi connectivity index (χ0n) is 14.2. The minimum absolute atomic E-state index is 0.175. The number of anilines is 1. The maximum Gasteiger partial charge on any atom is 0.225 e. The molecule has 1 aromatic rings. The van der Waals surface area contributed by atoms with Gasteiger partial charge in [0.05, 0.1) is 5.69 Å². The van der Waals surface area contributed by atoms with E-state index in [0.29, 0.717) is 12.0 Å². The molecule has 6 heteroatoms. The largest absolute Gasteiger partial charge is 0.347 e. The van der Waals surface area contributed by atoms with Gasteiger partial charge in [0.1, 0.15) is 0 Å². The zero-order valence-corrected chi connectivity index (χ0v) is 14.2. The molecule has 3 heterocycles. The summed E-state index contributed by atoms with van der Waals surface area (Å²) in [5.41, 5.74) is 2.40. The molecule has 2 atom stereocenters. The van der Waals surface area contributed by atoms with E-state index in [9.17, 15) is 4.79 Å². The van der Waals surface area contributed by atoms with Crippen molar-refractivity contribution in [2.24, 2.45) is 5.92 Å². The van der Waals surface area contributed by atoms with Gasteiger partial charge in [-0.05, 0) is 18.8 Å². The average Bonchev–Trinajstić information content (AvgIpc) is 3.20. The third-order valence-corrected chi connectivity index (χ3v) is 5.40. The summed E-state index contributed by atoms with van der Waals surface area (Å²) in [5, 5.41) is 0. The van der Waals surface area contributed by atoms with Crippen molar-refractivity contribution >= 4 is 11.9 Å². The number of amides is 1. The predicted molar refractivity (Wildman–Crippen MR) is 88.3 cm³/mol. The van der Waals surface area contributed by atoms with Gasteiger partial charge in [-0.3, -0.25) is 9.69 Å². The van der Waals surface area contributed by atoms with Crippen molar-refractivity contribution in [2.75, 3.05) is 38.6 Å². The molecule has 1 saturated heterocycles. The van der Waals surface area contributed by atoms with Crippen LogP contribution in [0.15, 0.2) is 6.20 Å². The number of fused-ring (bicyclic) bond motifs is 3. The molecule has 0 spiro atoms. The maximum atomic E-state index is 11.9. The fourth-order valence-corrected chi connectivity index (χ4v) is 3.92. The molecule has 0 radical (unpaired) electrons. The summed E-state index contributed by atoms with van der Waals surface area (Å²) < 4.78 is 0. The molecule has 0 unspecified atom stereocenters. The van der Waals surface area contributed by atoms with Crippen molar-refractivity contribution in [3.05, 3.63) is 17.5 Å². The molecule has 6 nitrogen and oxygen atoms in total. The molecule has 2 aliphatic heterocycles. The van der Waals surface area contributed by atoms with E-state index in [1.807, 2.05) is 30.1 Å². The van der Waals surface area contributed by atoms with Gasteiger partial charge < -0.3 is 9.80 Å². The first kappa shape index (κ1) is 14.9. The summed E-state index contributed by atoms with van der Waals surface area (Å²) in [7, 11) is 3.94. The van der Waals surface area contributed by atoms with Crippen LogP contribution < -0.4 is 4.90 Å². The predicted octanol–water partition coefficient (Wildman–Crippen LogP) is 1.08. The molecular weight excluding hydrogens is 290 g/mol. The van der Waals surface area contributed by atoms with E-state index < -0.39 is 0 Å². The summed E-state index contributed by atoms with van der Waals surface area (Å²) in [4.78, 5) is 27.7. The smallest absolute Gasteiger partial charge is 0.225 e. The molecule has 124 valence electrons. The van der Waals surface area contributed by atoms with Gasteiger partial charge in [0.2, 0.25) is 11.9 Å². The molecule has 2 fully saturated rings. The Morgan fingerprint density at radius 2 is 2.13 bits per heavy atom. The van der Waals surface area contributed by atoms with Crippen molar-refractivity contribution in [3.63, 3.8) is 0 Å². The van der Waals surface area contributed by atoms with E-state index in [2.05, 4.69) is 9.88 Å². The zero-order chi connectivity index (χ0) is 16.1. The van der Waals surface area contributed by atoms with Gasteiger partial charge in [-0.1, -0.05) is 0 Å². The van der Waals surface area contributed by atoms with E-state index in [4.69, 9.17) is 4.98 Å². The average molecular weight is 315 g/mol. The SMILES string of the molecule is CC(=O)N1C[C@@H]2[C@@H](C1)c1nc(N(C)C)ncc1CN2CC1CC1. The van der Waals surface area contributed by atoms with E-state index in [1.165, 1.54) is 18.4 Å². The minimum atomic E-state index is 0.175. The Morgan fingerprint density at radius 3 is 2.78 bits per heavy atom. The highest BCUT2D eigenvalue weighted by Gasteiger charge is 2.45. The van der Waals surface area contributed by atoms with Crippen LogP contribution >= 0.6 is 0 Å². The molecule has 0 N–H and O–H groups in total. The van der Waals surface area contributed by atoms with E-state index in [-0.39, 0.29) is 5.91 Å². The van der Waals surface area contributed by atoms with Crippen molar-refractivity contribution in [3.8, 4) is 0 Å². The number of rotatable bonds is 3. The van der Waals surface area contributed by atoms with Gasteiger partial charge in [0.15, 0.2) is 0 Å². The van der Waals surface area contributed by atoms with E-state index in [1.54, 1.807) is 6.92 Å². The van der Waals surface area contributed by atoms with Gasteiger partial charge in [-0.25, -0.2) is 9.97 Å². The lowest BCUT2D eigenvalue weighted by molar-refractivity contribution is -0.128. The molecular formula is C17H25N5O. The molecule has 0 bridgehead atoms. The number of hydrogen-bond acceptors (Lipinski definition) is 5. The fourth-order valence-electron chi connectivity index (χ4n) is 3.92. The lowest BCUT2D eigenvalue weighted by atomic mass is 9.90. The topological polar surface area (TPSA) is 52.6 Å². The Kier molecular flexibility index (Phi) is 3.52. The van der Waals surface area contributed by atoms with Crippen LogP contribution in [0, 0.1) is 5.92 Å². The van der Waals surface area contributed by atoms with Crippen LogP contribution in [0.2, 0.25) is 0 Å². The molecule has 0 aromatic carbocycles. The molecule has 1 aliphatic carbocycles. The Balaban J connectivity index is 1.68. The number of carbonyl (C=O) groups is 1. The highest BCUT2D eigenvalue weighted by molar-refractivity contribution is 5.74. The number of aromatic nitrogens is 2. The van der Waals surface area contributed by atoms with Gasteiger partial charge >= 0.3 is 0 Å². The normalized spacial score (nSPS) is 26.8. The highest BCUT2D eigenvalue weighted by Crippen LogP contribution is 2.40. The van der Waals surface area contributed by atoms with Crippen LogP contribution in [0.25, 0.3) is 0 Å². The first-order chi connectivity index (χ1) is 11.0. The van der Waals surface area contributed by atoms with Crippen molar-refractivity contribution < 1.29 is 4.79 Å². The Morgan fingerprint density at radius 1 is 1.35 bits per heavy atom. The van der Waals surface area contributed by atoms with Gasteiger partial charge in [-0.15, -0.1) is 0 Å². The quantitative estimate of drug-likeness (QED) is 0.835. The summed E-state index contributed by atoms with van der Waals surface area (Å²) in [6.45, 7) is 5.38. The van der Waals surface area contributed by atoms with E-state index in [0.717, 1.165) is 43.7 Å². The molecule has 4 rings (SSSR count). The summed E-state index contributed by atoms with van der Waals surface area (Å²) in [6, 6.07) is 0.414. The Hall–Kier alpha value is -1.69. The first-order valence-electron chi connectivity index (χ1n) is 8.55. The van der Waals surface area contributed by atoms with Crippen molar-refractivity contribution in [1.29, 1.82) is 0 Å². The Labute approximate surface area is 137 Å². The second kappa shape index (κ2) is 5.44. The maximum absolute atomic E-state index is 11.9. The molecule has 1 saturated carbocycles. The second-order valence-corrected chi connectivity index (χ2v) is 7.45. The van der Waals surface area contributed by atoms with Crippen molar-refractivity contribution in [2.45, 2.75) is 38.3 Å². The summed E-state index contributed by atoms with van der Waals surface area (Å²) in [6.07, 6.45) is 4.70. The van der Waals surface area contributed by atoms with Gasteiger partial charge in [-0.2, -0.15) is 0 Å². The monoisotopic (exact) mass is 315 g/mol.